The highest BCUT2D eigenvalue weighted by atomic mass is 16.5. The Hall–Kier alpha value is -3.35. The molecule has 3 aromatic carbocycles. The first kappa shape index (κ1) is 21.9. The summed E-state index contributed by atoms with van der Waals surface area (Å²) in [6.07, 6.45) is 0.220. The van der Waals surface area contributed by atoms with Crippen molar-refractivity contribution in [2.45, 2.75) is 19.1 Å². The van der Waals surface area contributed by atoms with Crippen LogP contribution in [0.5, 0.6) is 5.75 Å². The van der Waals surface area contributed by atoms with Gasteiger partial charge in [-0.3, -0.25) is 9.13 Å². The standard InChI is InChI=1S/C26H29N3O3/c1-28-23-13-10-21(16-24(23)29(2)26(28)31)25(30)18-32-22-11-8-20(9-12-22)17-27-15-14-19-6-4-3-5-7-19/h3-13,16,25,27,30H,14-15,17-18H2,1-2H3/t25-/m1/s1. The maximum absolute atomic E-state index is 12.1. The molecular weight excluding hydrogens is 402 g/mol. The molecule has 0 saturated heterocycles. The SMILES string of the molecule is Cn1c(=O)n(C)c2cc([C@H](O)COc3ccc(CNCCc4ccccc4)cc3)ccc21. The Bertz CT molecular complexity index is 1230. The molecule has 6 nitrogen and oxygen atoms in total. The minimum atomic E-state index is -0.783. The molecule has 2 N–H and O–H groups in total. The zero-order valence-electron chi connectivity index (χ0n) is 18.5. The van der Waals surface area contributed by atoms with E-state index in [0.717, 1.165) is 36.1 Å². The fraction of sp³-hybridized carbons (Fsp3) is 0.269. The summed E-state index contributed by atoms with van der Waals surface area (Å²) in [5.41, 5.74) is 4.77. The van der Waals surface area contributed by atoms with Crippen LogP contribution in [-0.2, 0) is 27.1 Å². The van der Waals surface area contributed by atoms with Crippen LogP contribution >= 0.6 is 0 Å². The molecular formula is C26H29N3O3. The third-order valence-electron chi connectivity index (χ3n) is 5.77. The second-order valence-electron chi connectivity index (χ2n) is 8.03. The van der Waals surface area contributed by atoms with Gasteiger partial charge in [0.1, 0.15) is 18.5 Å². The third kappa shape index (κ3) is 4.93. The van der Waals surface area contributed by atoms with Crippen molar-refractivity contribution < 1.29 is 9.84 Å². The van der Waals surface area contributed by atoms with E-state index in [-0.39, 0.29) is 12.3 Å². The van der Waals surface area contributed by atoms with Gasteiger partial charge in [0.15, 0.2) is 0 Å². The van der Waals surface area contributed by atoms with Crippen LogP contribution in [0, 0.1) is 0 Å². The Morgan fingerprint density at radius 3 is 2.38 bits per heavy atom. The van der Waals surface area contributed by atoms with Gasteiger partial charge in [0, 0.05) is 20.6 Å². The van der Waals surface area contributed by atoms with E-state index in [1.165, 1.54) is 11.1 Å². The molecule has 1 aromatic heterocycles. The van der Waals surface area contributed by atoms with Gasteiger partial charge in [-0.25, -0.2) is 4.79 Å². The van der Waals surface area contributed by atoms with Gasteiger partial charge >= 0.3 is 5.69 Å². The molecule has 0 unspecified atom stereocenters. The Morgan fingerprint density at radius 1 is 0.906 bits per heavy atom. The number of hydrogen-bond donors (Lipinski definition) is 2. The van der Waals surface area contributed by atoms with Crippen molar-refractivity contribution in [2.75, 3.05) is 13.2 Å². The number of fused-ring (bicyclic) bond motifs is 1. The first-order chi connectivity index (χ1) is 15.5. The van der Waals surface area contributed by atoms with Crippen molar-refractivity contribution in [3.63, 3.8) is 0 Å². The number of nitrogens with one attached hydrogen (secondary N) is 1. The highest BCUT2D eigenvalue weighted by Crippen LogP contribution is 2.21. The van der Waals surface area contributed by atoms with E-state index in [2.05, 4.69) is 29.6 Å². The van der Waals surface area contributed by atoms with E-state index in [1.54, 1.807) is 23.2 Å². The summed E-state index contributed by atoms with van der Waals surface area (Å²) in [7, 11) is 3.47. The van der Waals surface area contributed by atoms with Crippen LogP contribution in [0.15, 0.2) is 77.6 Å². The van der Waals surface area contributed by atoms with Gasteiger partial charge in [-0.05, 0) is 53.9 Å². The molecule has 0 spiro atoms. The Labute approximate surface area is 187 Å². The molecule has 4 aromatic rings. The normalized spacial score (nSPS) is 12.2. The van der Waals surface area contributed by atoms with E-state index in [4.69, 9.17) is 4.74 Å². The molecule has 32 heavy (non-hydrogen) atoms. The van der Waals surface area contributed by atoms with E-state index in [9.17, 15) is 9.90 Å². The fourth-order valence-electron chi connectivity index (χ4n) is 3.82. The molecule has 0 radical (unpaired) electrons. The number of rotatable bonds is 9. The molecule has 1 heterocycles. The second kappa shape index (κ2) is 9.85. The van der Waals surface area contributed by atoms with Crippen LogP contribution in [-0.4, -0.2) is 27.4 Å². The van der Waals surface area contributed by atoms with Gasteiger partial charge in [0.05, 0.1) is 11.0 Å². The van der Waals surface area contributed by atoms with Crippen molar-refractivity contribution in [3.8, 4) is 5.75 Å². The summed E-state index contributed by atoms with van der Waals surface area (Å²) in [5.74, 6) is 0.713. The Kier molecular flexibility index (Phi) is 6.73. The Balaban J connectivity index is 1.28. The number of aromatic nitrogens is 2. The summed E-state index contributed by atoms with van der Waals surface area (Å²) in [6, 6.07) is 23.9. The number of aryl methyl sites for hydroxylation is 2. The minimum Gasteiger partial charge on any atom is -0.491 e. The monoisotopic (exact) mass is 431 g/mol. The largest absolute Gasteiger partial charge is 0.491 e. The van der Waals surface area contributed by atoms with Crippen molar-refractivity contribution in [1.29, 1.82) is 0 Å². The number of imidazole rings is 1. The lowest BCUT2D eigenvalue weighted by molar-refractivity contribution is 0.108. The molecule has 0 aliphatic carbocycles. The highest BCUT2D eigenvalue weighted by molar-refractivity contribution is 5.77. The Morgan fingerprint density at radius 2 is 1.62 bits per heavy atom. The number of aliphatic hydroxyl groups is 1. The van der Waals surface area contributed by atoms with Gasteiger partial charge in [-0.2, -0.15) is 0 Å². The van der Waals surface area contributed by atoms with Crippen molar-refractivity contribution in [3.05, 3.63) is 100.0 Å². The van der Waals surface area contributed by atoms with E-state index < -0.39 is 6.10 Å². The van der Waals surface area contributed by atoms with E-state index in [1.807, 2.05) is 48.5 Å². The molecule has 0 saturated carbocycles. The molecule has 0 aliphatic rings. The van der Waals surface area contributed by atoms with Gasteiger partial charge in [-0.15, -0.1) is 0 Å². The van der Waals surface area contributed by atoms with E-state index in [0.29, 0.717) is 5.75 Å². The fourth-order valence-corrected chi connectivity index (χ4v) is 3.82. The molecule has 0 fully saturated rings. The van der Waals surface area contributed by atoms with Gasteiger partial charge in [0.25, 0.3) is 0 Å². The smallest absolute Gasteiger partial charge is 0.328 e. The van der Waals surface area contributed by atoms with Crippen LogP contribution in [0.2, 0.25) is 0 Å². The number of hydrogen-bond acceptors (Lipinski definition) is 4. The lowest BCUT2D eigenvalue weighted by atomic mass is 10.1. The van der Waals surface area contributed by atoms with Crippen molar-refractivity contribution in [2.24, 2.45) is 14.1 Å². The highest BCUT2D eigenvalue weighted by Gasteiger charge is 2.13. The quantitative estimate of drug-likeness (QED) is 0.399. The van der Waals surface area contributed by atoms with Gasteiger partial charge in [0.2, 0.25) is 0 Å². The number of ether oxygens (including phenoxy) is 1. The van der Waals surface area contributed by atoms with Crippen LogP contribution in [0.1, 0.15) is 22.8 Å². The number of benzene rings is 3. The summed E-state index contributed by atoms with van der Waals surface area (Å²) in [5, 5.41) is 14.0. The number of aliphatic hydroxyl groups excluding tert-OH is 1. The lowest BCUT2D eigenvalue weighted by Crippen LogP contribution is -2.19. The average Bonchev–Trinajstić information content (AvgIpc) is 3.05. The van der Waals surface area contributed by atoms with Gasteiger partial charge < -0.3 is 15.2 Å². The maximum atomic E-state index is 12.1. The van der Waals surface area contributed by atoms with Crippen molar-refractivity contribution in [1.82, 2.24) is 14.5 Å². The molecule has 0 aliphatic heterocycles. The molecule has 166 valence electrons. The summed E-state index contributed by atoms with van der Waals surface area (Å²) in [4.78, 5) is 12.1. The summed E-state index contributed by atoms with van der Waals surface area (Å²) >= 11 is 0. The molecule has 1 atom stereocenters. The zero-order chi connectivity index (χ0) is 22.5. The van der Waals surface area contributed by atoms with Crippen molar-refractivity contribution >= 4 is 11.0 Å². The lowest BCUT2D eigenvalue weighted by Gasteiger charge is -2.14. The topological polar surface area (TPSA) is 68.4 Å². The molecule has 6 heteroatoms. The third-order valence-corrected chi connectivity index (χ3v) is 5.77. The van der Waals surface area contributed by atoms with Crippen LogP contribution in [0.3, 0.4) is 0 Å². The first-order valence-corrected chi connectivity index (χ1v) is 10.8. The maximum Gasteiger partial charge on any atom is 0.328 e. The number of nitrogens with zero attached hydrogens (tertiary/aromatic N) is 2. The van der Waals surface area contributed by atoms with Crippen LogP contribution in [0.4, 0.5) is 0 Å². The zero-order valence-corrected chi connectivity index (χ0v) is 18.5. The van der Waals surface area contributed by atoms with Crippen LogP contribution in [0.25, 0.3) is 11.0 Å². The molecule has 0 bridgehead atoms. The van der Waals surface area contributed by atoms with Gasteiger partial charge in [-0.1, -0.05) is 48.5 Å². The summed E-state index contributed by atoms with van der Waals surface area (Å²) < 4.78 is 8.97. The van der Waals surface area contributed by atoms with Crippen LogP contribution < -0.4 is 15.7 Å². The summed E-state index contributed by atoms with van der Waals surface area (Å²) in [6.45, 7) is 1.86. The average molecular weight is 432 g/mol. The second-order valence-corrected chi connectivity index (χ2v) is 8.03. The van der Waals surface area contributed by atoms with E-state index >= 15 is 0 Å². The first-order valence-electron chi connectivity index (χ1n) is 10.8. The predicted octanol–water partition coefficient (Wildman–Crippen LogP) is 3.32. The molecule has 0 amide bonds. The molecule has 4 rings (SSSR count). The minimum absolute atomic E-state index is 0.0856. The predicted molar refractivity (Wildman–Crippen MR) is 127 cm³/mol.